The molecule has 21 heavy (non-hydrogen) atoms. The molecule has 3 atom stereocenters. The fourth-order valence-corrected chi connectivity index (χ4v) is 3.15. The van der Waals surface area contributed by atoms with Gasteiger partial charge in [-0.1, -0.05) is 31.5 Å². The van der Waals surface area contributed by atoms with Gasteiger partial charge in [0.25, 0.3) is 0 Å². The van der Waals surface area contributed by atoms with Crippen molar-refractivity contribution in [1.82, 2.24) is 5.32 Å². The molecule has 116 valence electrons. The quantitative estimate of drug-likeness (QED) is 0.876. The van der Waals surface area contributed by atoms with E-state index in [1.165, 1.54) is 0 Å². The number of para-hydroxylation sites is 1. The molecule has 0 saturated heterocycles. The van der Waals surface area contributed by atoms with Gasteiger partial charge in [-0.25, -0.2) is 0 Å². The third-order valence-electron chi connectivity index (χ3n) is 4.78. The first-order chi connectivity index (χ1) is 10.0. The predicted molar refractivity (Wildman–Crippen MR) is 84.1 cm³/mol. The maximum Gasteiger partial charge on any atom is 0.227 e. The van der Waals surface area contributed by atoms with Crippen LogP contribution >= 0.6 is 0 Å². The van der Waals surface area contributed by atoms with Crippen LogP contribution in [0.4, 0.5) is 0 Å². The second-order valence-electron chi connectivity index (χ2n) is 6.09. The Labute approximate surface area is 127 Å². The van der Waals surface area contributed by atoms with Crippen LogP contribution in [-0.4, -0.2) is 19.1 Å². The first kappa shape index (κ1) is 15.8. The fraction of sp³-hybridized carbons (Fsp3) is 0.588. The molecule has 1 saturated carbocycles. The highest BCUT2D eigenvalue weighted by Crippen LogP contribution is 2.38. The van der Waals surface area contributed by atoms with Crippen molar-refractivity contribution in [2.24, 2.45) is 11.1 Å². The highest BCUT2D eigenvalue weighted by molar-refractivity contribution is 5.84. The van der Waals surface area contributed by atoms with Crippen molar-refractivity contribution in [3.63, 3.8) is 0 Å². The van der Waals surface area contributed by atoms with Gasteiger partial charge in [0.15, 0.2) is 0 Å². The van der Waals surface area contributed by atoms with Crippen molar-refractivity contribution < 1.29 is 9.53 Å². The van der Waals surface area contributed by atoms with Crippen LogP contribution in [0.15, 0.2) is 24.3 Å². The standard InChI is InChI=1S/C17H26N2O2/c1-4-13(12-8-5-6-9-14(12)21-3)19-16(20)17(2)11-7-10-15(17)18/h5-6,8-9,13,15H,4,7,10-11,18H2,1-3H3,(H,19,20). The minimum absolute atomic E-state index is 0.0433. The van der Waals surface area contributed by atoms with Gasteiger partial charge in [0, 0.05) is 11.6 Å². The van der Waals surface area contributed by atoms with Crippen LogP contribution in [0.5, 0.6) is 5.75 Å². The lowest BCUT2D eigenvalue weighted by Gasteiger charge is -2.30. The number of benzene rings is 1. The summed E-state index contributed by atoms with van der Waals surface area (Å²) in [6, 6.07) is 7.74. The van der Waals surface area contributed by atoms with E-state index in [2.05, 4.69) is 12.2 Å². The van der Waals surface area contributed by atoms with Crippen LogP contribution in [0.1, 0.15) is 51.1 Å². The highest BCUT2D eigenvalue weighted by atomic mass is 16.5. The fourth-order valence-electron chi connectivity index (χ4n) is 3.15. The van der Waals surface area contributed by atoms with Crippen molar-refractivity contribution in [1.29, 1.82) is 0 Å². The Balaban J connectivity index is 2.17. The van der Waals surface area contributed by atoms with Gasteiger partial charge in [-0.15, -0.1) is 0 Å². The van der Waals surface area contributed by atoms with Crippen molar-refractivity contribution in [2.75, 3.05) is 7.11 Å². The summed E-state index contributed by atoms with van der Waals surface area (Å²) in [5, 5.41) is 3.17. The summed E-state index contributed by atoms with van der Waals surface area (Å²) in [5.74, 6) is 0.871. The van der Waals surface area contributed by atoms with Gasteiger partial charge in [0.05, 0.1) is 18.6 Å². The summed E-state index contributed by atoms with van der Waals surface area (Å²) in [6.45, 7) is 4.04. The summed E-state index contributed by atoms with van der Waals surface area (Å²) < 4.78 is 5.41. The van der Waals surface area contributed by atoms with E-state index in [9.17, 15) is 4.79 Å². The van der Waals surface area contributed by atoms with Gasteiger partial charge in [0.1, 0.15) is 5.75 Å². The minimum Gasteiger partial charge on any atom is -0.496 e. The molecule has 1 aliphatic carbocycles. The molecule has 1 fully saturated rings. The van der Waals surface area contributed by atoms with Gasteiger partial charge in [0.2, 0.25) is 5.91 Å². The van der Waals surface area contributed by atoms with E-state index < -0.39 is 5.41 Å². The molecular formula is C17H26N2O2. The second kappa shape index (κ2) is 6.48. The van der Waals surface area contributed by atoms with E-state index in [4.69, 9.17) is 10.5 Å². The Kier molecular flexibility index (Phi) is 4.88. The summed E-state index contributed by atoms with van der Waals surface area (Å²) in [7, 11) is 1.65. The van der Waals surface area contributed by atoms with Gasteiger partial charge in [-0.3, -0.25) is 4.79 Å². The number of nitrogens with one attached hydrogen (secondary N) is 1. The monoisotopic (exact) mass is 290 g/mol. The Bertz CT molecular complexity index is 503. The Hall–Kier alpha value is -1.55. The summed E-state index contributed by atoms with van der Waals surface area (Å²) in [6.07, 6.45) is 3.63. The molecule has 0 aromatic heterocycles. The molecule has 1 aromatic carbocycles. The van der Waals surface area contributed by atoms with E-state index in [-0.39, 0.29) is 18.0 Å². The lowest BCUT2D eigenvalue weighted by atomic mass is 9.83. The lowest BCUT2D eigenvalue weighted by molar-refractivity contribution is -0.131. The zero-order chi connectivity index (χ0) is 15.5. The van der Waals surface area contributed by atoms with Crippen molar-refractivity contribution >= 4 is 5.91 Å². The van der Waals surface area contributed by atoms with E-state index >= 15 is 0 Å². The topological polar surface area (TPSA) is 64.4 Å². The first-order valence-electron chi connectivity index (χ1n) is 7.72. The summed E-state index contributed by atoms with van der Waals surface area (Å²) >= 11 is 0. The van der Waals surface area contributed by atoms with E-state index in [0.29, 0.717) is 0 Å². The molecule has 4 heteroatoms. The lowest BCUT2D eigenvalue weighted by Crippen LogP contribution is -2.48. The SMILES string of the molecule is CCC(NC(=O)C1(C)CCCC1N)c1ccccc1OC. The number of methoxy groups -OCH3 is 1. The minimum atomic E-state index is -0.449. The Morgan fingerprint density at radius 2 is 2.24 bits per heavy atom. The van der Waals surface area contributed by atoms with E-state index in [1.54, 1.807) is 7.11 Å². The number of nitrogens with two attached hydrogens (primary N) is 1. The second-order valence-corrected chi connectivity index (χ2v) is 6.09. The zero-order valence-electron chi connectivity index (χ0n) is 13.2. The third kappa shape index (κ3) is 3.05. The largest absolute Gasteiger partial charge is 0.496 e. The van der Waals surface area contributed by atoms with Crippen LogP contribution < -0.4 is 15.8 Å². The molecule has 0 spiro atoms. The number of hydrogen-bond donors (Lipinski definition) is 2. The average Bonchev–Trinajstić information content (AvgIpc) is 2.85. The van der Waals surface area contributed by atoms with Gasteiger partial charge in [-0.05, 0) is 32.3 Å². The smallest absolute Gasteiger partial charge is 0.227 e. The normalized spacial score (nSPS) is 26.4. The highest BCUT2D eigenvalue weighted by Gasteiger charge is 2.43. The maximum atomic E-state index is 12.7. The van der Waals surface area contributed by atoms with Crippen LogP contribution in [0, 0.1) is 5.41 Å². The molecule has 3 N–H and O–H groups in total. The number of carbonyl (C=O) groups excluding carboxylic acids is 1. The van der Waals surface area contributed by atoms with Crippen LogP contribution in [0.2, 0.25) is 0 Å². The maximum absolute atomic E-state index is 12.7. The number of carbonyl (C=O) groups is 1. The van der Waals surface area contributed by atoms with Crippen molar-refractivity contribution in [3.05, 3.63) is 29.8 Å². The number of amides is 1. The Morgan fingerprint density at radius 3 is 2.81 bits per heavy atom. The number of hydrogen-bond acceptors (Lipinski definition) is 3. The molecule has 1 amide bonds. The van der Waals surface area contributed by atoms with Crippen molar-refractivity contribution in [2.45, 2.75) is 51.6 Å². The van der Waals surface area contributed by atoms with Gasteiger partial charge >= 0.3 is 0 Å². The molecule has 2 rings (SSSR count). The summed E-state index contributed by atoms with van der Waals surface area (Å²) in [4.78, 5) is 12.7. The van der Waals surface area contributed by atoms with Gasteiger partial charge in [-0.2, -0.15) is 0 Å². The van der Waals surface area contributed by atoms with Crippen LogP contribution in [-0.2, 0) is 4.79 Å². The molecule has 1 aromatic rings. The van der Waals surface area contributed by atoms with E-state index in [0.717, 1.165) is 37.0 Å². The molecule has 0 heterocycles. The molecule has 0 bridgehead atoms. The van der Waals surface area contributed by atoms with Crippen LogP contribution in [0.25, 0.3) is 0 Å². The molecular weight excluding hydrogens is 264 g/mol. The first-order valence-corrected chi connectivity index (χ1v) is 7.72. The molecule has 4 nitrogen and oxygen atoms in total. The molecule has 0 aliphatic heterocycles. The number of ether oxygens (including phenoxy) is 1. The zero-order valence-corrected chi connectivity index (χ0v) is 13.2. The number of rotatable bonds is 5. The third-order valence-corrected chi connectivity index (χ3v) is 4.78. The molecule has 0 radical (unpaired) electrons. The van der Waals surface area contributed by atoms with E-state index in [1.807, 2.05) is 31.2 Å². The Morgan fingerprint density at radius 1 is 1.52 bits per heavy atom. The average molecular weight is 290 g/mol. The summed E-state index contributed by atoms with van der Waals surface area (Å²) in [5.41, 5.74) is 6.71. The predicted octanol–water partition coefficient (Wildman–Crippen LogP) is 2.78. The van der Waals surface area contributed by atoms with Gasteiger partial charge < -0.3 is 15.8 Å². The van der Waals surface area contributed by atoms with Crippen LogP contribution in [0.3, 0.4) is 0 Å². The molecule has 1 aliphatic rings. The molecule has 3 unspecified atom stereocenters. The van der Waals surface area contributed by atoms with Crippen molar-refractivity contribution in [3.8, 4) is 5.75 Å².